The van der Waals surface area contributed by atoms with Gasteiger partial charge in [-0.1, -0.05) is 35.9 Å². The number of hydrogen-bond acceptors (Lipinski definition) is 2. The van der Waals surface area contributed by atoms with Crippen LogP contribution in [0.4, 0.5) is 0 Å². The molecule has 2 amide bonds. The highest BCUT2D eigenvalue weighted by atomic mass is 16.2. The minimum Gasteiger partial charge on any atom is -0.267 e. The molecule has 0 aliphatic carbocycles. The molecule has 1 N–H and O–H groups in total. The molecule has 0 saturated heterocycles. The SMILES string of the molecule is Cc1ccc(C(=O)NN2CCc3ccccc3C2=O)cc1. The lowest BCUT2D eigenvalue weighted by atomic mass is 10.0. The van der Waals surface area contributed by atoms with Gasteiger partial charge in [-0.05, 0) is 37.1 Å². The predicted molar refractivity (Wildman–Crippen MR) is 79.8 cm³/mol. The second kappa shape index (κ2) is 5.40. The van der Waals surface area contributed by atoms with Crippen molar-refractivity contribution in [3.8, 4) is 0 Å². The van der Waals surface area contributed by atoms with Gasteiger partial charge in [0.05, 0.1) is 0 Å². The second-order valence-electron chi connectivity index (χ2n) is 5.17. The maximum atomic E-state index is 12.3. The predicted octanol–water partition coefficient (Wildman–Crippen LogP) is 2.34. The molecule has 0 unspecified atom stereocenters. The standard InChI is InChI=1S/C17H16N2O2/c1-12-6-8-14(9-7-12)16(20)18-19-11-10-13-4-2-3-5-15(13)17(19)21/h2-9H,10-11H2,1H3,(H,18,20). The number of nitrogens with zero attached hydrogens (tertiary/aromatic N) is 1. The fourth-order valence-corrected chi connectivity index (χ4v) is 2.42. The molecule has 0 radical (unpaired) electrons. The Kier molecular flexibility index (Phi) is 3.44. The minimum atomic E-state index is -0.261. The van der Waals surface area contributed by atoms with Crippen molar-refractivity contribution in [3.63, 3.8) is 0 Å². The lowest BCUT2D eigenvalue weighted by Gasteiger charge is -2.28. The number of benzene rings is 2. The molecule has 4 nitrogen and oxygen atoms in total. The van der Waals surface area contributed by atoms with Gasteiger partial charge in [-0.15, -0.1) is 0 Å². The number of rotatable bonds is 2. The molecule has 0 fully saturated rings. The lowest BCUT2D eigenvalue weighted by Crippen LogP contribution is -2.49. The van der Waals surface area contributed by atoms with Gasteiger partial charge in [0.2, 0.25) is 0 Å². The quantitative estimate of drug-likeness (QED) is 0.918. The summed E-state index contributed by atoms with van der Waals surface area (Å²) < 4.78 is 0. The molecule has 0 atom stereocenters. The van der Waals surface area contributed by atoms with Crippen LogP contribution in [0.2, 0.25) is 0 Å². The molecule has 3 rings (SSSR count). The highest BCUT2D eigenvalue weighted by Crippen LogP contribution is 2.17. The highest BCUT2D eigenvalue weighted by molar-refractivity contribution is 6.00. The molecular weight excluding hydrogens is 264 g/mol. The number of carbonyl (C=O) groups is 2. The summed E-state index contributed by atoms with van der Waals surface area (Å²) in [6.45, 7) is 2.46. The summed E-state index contributed by atoms with van der Waals surface area (Å²) in [5.74, 6) is -0.417. The number of amides is 2. The Balaban J connectivity index is 1.76. The molecule has 0 aromatic heterocycles. The molecule has 1 heterocycles. The van der Waals surface area contributed by atoms with Crippen molar-refractivity contribution < 1.29 is 9.59 Å². The first kappa shape index (κ1) is 13.4. The third-order valence-corrected chi connectivity index (χ3v) is 3.65. The highest BCUT2D eigenvalue weighted by Gasteiger charge is 2.25. The van der Waals surface area contributed by atoms with E-state index in [1.807, 2.05) is 37.3 Å². The molecule has 1 aliphatic rings. The number of fused-ring (bicyclic) bond motifs is 1. The van der Waals surface area contributed by atoms with E-state index in [0.29, 0.717) is 17.7 Å². The summed E-state index contributed by atoms with van der Waals surface area (Å²) in [4.78, 5) is 24.5. The van der Waals surface area contributed by atoms with E-state index in [0.717, 1.165) is 17.5 Å². The Morgan fingerprint density at radius 2 is 1.81 bits per heavy atom. The van der Waals surface area contributed by atoms with Crippen LogP contribution >= 0.6 is 0 Å². The van der Waals surface area contributed by atoms with E-state index < -0.39 is 0 Å². The van der Waals surface area contributed by atoms with Crippen molar-refractivity contribution in [3.05, 3.63) is 70.8 Å². The van der Waals surface area contributed by atoms with E-state index in [2.05, 4.69) is 5.43 Å². The van der Waals surface area contributed by atoms with Crippen LogP contribution < -0.4 is 5.43 Å². The summed E-state index contributed by atoms with van der Waals surface area (Å²) in [7, 11) is 0. The van der Waals surface area contributed by atoms with Crippen LogP contribution in [-0.2, 0) is 6.42 Å². The Labute approximate surface area is 123 Å². The van der Waals surface area contributed by atoms with Crippen LogP contribution in [0, 0.1) is 6.92 Å². The lowest BCUT2D eigenvalue weighted by molar-refractivity contribution is 0.0568. The van der Waals surface area contributed by atoms with E-state index in [1.165, 1.54) is 5.01 Å². The van der Waals surface area contributed by atoms with E-state index in [9.17, 15) is 9.59 Å². The molecule has 0 bridgehead atoms. The molecule has 2 aromatic rings. The fourth-order valence-electron chi connectivity index (χ4n) is 2.42. The zero-order chi connectivity index (χ0) is 14.8. The zero-order valence-corrected chi connectivity index (χ0v) is 11.8. The van der Waals surface area contributed by atoms with Crippen LogP contribution in [0.15, 0.2) is 48.5 Å². The first-order valence-electron chi connectivity index (χ1n) is 6.92. The van der Waals surface area contributed by atoms with Crippen LogP contribution in [-0.4, -0.2) is 23.4 Å². The van der Waals surface area contributed by atoms with Crippen molar-refractivity contribution in [2.24, 2.45) is 0 Å². The van der Waals surface area contributed by atoms with Gasteiger partial charge in [0.25, 0.3) is 11.8 Å². The number of nitrogens with one attached hydrogen (secondary N) is 1. The van der Waals surface area contributed by atoms with Gasteiger partial charge >= 0.3 is 0 Å². The molecule has 0 saturated carbocycles. The number of hydrogen-bond donors (Lipinski definition) is 1. The normalized spacial score (nSPS) is 13.8. The molecule has 0 spiro atoms. The van der Waals surface area contributed by atoms with Gasteiger partial charge in [0.15, 0.2) is 0 Å². The van der Waals surface area contributed by atoms with Crippen LogP contribution in [0.1, 0.15) is 31.8 Å². The summed E-state index contributed by atoms with van der Waals surface area (Å²) in [5, 5.41) is 1.39. The van der Waals surface area contributed by atoms with Crippen LogP contribution in [0.5, 0.6) is 0 Å². The smallest absolute Gasteiger partial charge is 0.267 e. The van der Waals surface area contributed by atoms with Crippen molar-refractivity contribution in [2.75, 3.05) is 6.54 Å². The number of hydrazine groups is 1. The van der Waals surface area contributed by atoms with Crippen molar-refractivity contribution >= 4 is 11.8 Å². The van der Waals surface area contributed by atoms with Crippen molar-refractivity contribution in [1.29, 1.82) is 0 Å². The summed E-state index contributed by atoms with van der Waals surface area (Å²) in [6, 6.07) is 14.8. The third-order valence-electron chi connectivity index (χ3n) is 3.65. The first-order valence-corrected chi connectivity index (χ1v) is 6.92. The Bertz CT molecular complexity index is 692. The van der Waals surface area contributed by atoms with Gasteiger partial charge < -0.3 is 0 Å². The summed E-state index contributed by atoms with van der Waals surface area (Å²) in [5.41, 5.74) is 6.02. The summed E-state index contributed by atoms with van der Waals surface area (Å²) in [6.07, 6.45) is 0.746. The Hall–Kier alpha value is -2.62. The minimum absolute atomic E-state index is 0.155. The van der Waals surface area contributed by atoms with Crippen molar-refractivity contribution in [1.82, 2.24) is 10.4 Å². The second-order valence-corrected chi connectivity index (χ2v) is 5.17. The molecule has 106 valence electrons. The van der Waals surface area contributed by atoms with Gasteiger partial charge in [-0.25, -0.2) is 5.01 Å². The Morgan fingerprint density at radius 1 is 1.10 bits per heavy atom. The van der Waals surface area contributed by atoms with Gasteiger partial charge in [-0.3, -0.25) is 15.0 Å². The molecular formula is C17H16N2O2. The summed E-state index contributed by atoms with van der Waals surface area (Å²) >= 11 is 0. The average Bonchev–Trinajstić information content (AvgIpc) is 2.51. The molecule has 2 aromatic carbocycles. The van der Waals surface area contributed by atoms with Crippen LogP contribution in [0.25, 0.3) is 0 Å². The van der Waals surface area contributed by atoms with Gasteiger partial charge in [0, 0.05) is 17.7 Å². The number of aryl methyl sites for hydroxylation is 1. The number of carbonyl (C=O) groups excluding carboxylic acids is 2. The Morgan fingerprint density at radius 3 is 2.57 bits per heavy atom. The van der Waals surface area contributed by atoms with Crippen molar-refractivity contribution in [2.45, 2.75) is 13.3 Å². The molecule has 21 heavy (non-hydrogen) atoms. The first-order chi connectivity index (χ1) is 10.1. The maximum absolute atomic E-state index is 12.3. The van der Waals surface area contributed by atoms with E-state index in [-0.39, 0.29) is 11.8 Å². The van der Waals surface area contributed by atoms with Gasteiger partial charge in [-0.2, -0.15) is 0 Å². The van der Waals surface area contributed by atoms with Crippen LogP contribution in [0.3, 0.4) is 0 Å². The largest absolute Gasteiger partial charge is 0.272 e. The fraction of sp³-hybridized carbons (Fsp3) is 0.176. The van der Waals surface area contributed by atoms with E-state index >= 15 is 0 Å². The average molecular weight is 280 g/mol. The topological polar surface area (TPSA) is 49.4 Å². The van der Waals surface area contributed by atoms with Gasteiger partial charge in [0.1, 0.15) is 0 Å². The maximum Gasteiger partial charge on any atom is 0.272 e. The van der Waals surface area contributed by atoms with E-state index in [1.54, 1.807) is 18.2 Å². The monoisotopic (exact) mass is 280 g/mol. The third kappa shape index (κ3) is 2.65. The molecule has 1 aliphatic heterocycles. The van der Waals surface area contributed by atoms with E-state index in [4.69, 9.17) is 0 Å². The zero-order valence-electron chi connectivity index (χ0n) is 11.8. The molecule has 4 heteroatoms.